The average molecular weight is 258 g/mol. The maximum Gasteiger partial charge on any atom is 0.180 e. The van der Waals surface area contributed by atoms with Gasteiger partial charge in [0.15, 0.2) is 5.13 Å². The molecule has 1 aliphatic carbocycles. The van der Waals surface area contributed by atoms with Crippen LogP contribution in [0, 0.1) is 0 Å². The van der Waals surface area contributed by atoms with Crippen molar-refractivity contribution in [3.8, 4) is 0 Å². The molecule has 0 radical (unpaired) electrons. The SMILES string of the molecule is Nc1nc([C@H]2CCCC[C@H]2c2ccccc2)cs1. The van der Waals surface area contributed by atoms with E-state index in [9.17, 15) is 0 Å². The van der Waals surface area contributed by atoms with Gasteiger partial charge in [-0.05, 0) is 24.3 Å². The van der Waals surface area contributed by atoms with Crippen molar-refractivity contribution in [3.05, 3.63) is 47.0 Å². The van der Waals surface area contributed by atoms with Crippen LogP contribution >= 0.6 is 11.3 Å². The summed E-state index contributed by atoms with van der Waals surface area (Å²) in [7, 11) is 0. The van der Waals surface area contributed by atoms with Crippen LogP contribution in [0.3, 0.4) is 0 Å². The summed E-state index contributed by atoms with van der Waals surface area (Å²) in [4.78, 5) is 4.51. The average Bonchev–Trinajstić information content (AvgIpc) is 2.86. The summed E-state index contributed by atoms with van der Waals surface area (Å²) in [5.74, 6) is 1.16. The van der Waals surface area contributed by atoms with Gasteiger partial charge in [-0.25, -0.2) is 4.98 Å². The zero-order valence-corrected chi connectivity index (χ0v) is 11.2. The smallest absolute Gasteiger partial charge is 0.180 e. The van der Waals surface area contributed by atoms with E-state index < -0.39 is 0 Å². The van der Waals surface area contributed by atoms with Crippen LogP contribution in [0.15, 0.2) is 35.7 Å². The molecule has 18 heavy (non-hydrogen) atoms. The predicted molar refractivity (Wildman–Crippen MR) is 76.9 cm³/mol. The molecular formula is C15H18N2S. The molecule has 1 aromatic carbocycles. The zero-order chi connectivity index (χ0) is 12.4. The topological polar surface area (TPSA) is 38.9 Å². The maximum absolute atomic E-state index is 5.78. The maximum atomic E-state index is 5.78. The van der Waals surface area contributed by atoms with Crippen molar-refractivity contribution in [2.24, 2.45) is 0 Å². The Kier molecular flexibility index (Phi) is 3.33. The first-order valence-electron chi connectivity index (χ1n) is 6.60. The van der Waals surface area contributed by atoms with Crippen LogP contribution in [0.4, 0.5) is 5.13 Å². The van der Waals surface area contributed by atoms with E-state index in [2.05, 4.69) is 40.7 Å². The molecule has 0 aliphatic heterocycles. The second-order valence-corrected chi connectivity index (χ2v) is 5.91. The van der Waals surface area contributed by atoms with E-state index in [-0.39, 0.29) is 0 Å². The first-order valence-corrected chi connectivity index (χ1v) is 7.48. The van der Waals surface area contributed by atoms with Crippen LogP contribution in [0.25, 0.3) is 0 Å². The molecule has 0 spiro atoms. The molecule has 3 heteroatoms. The van der Waals surface area contributed by atoms with E-state index in [0.29, 0.717) is 17.0 Å². The lowest BCUT2D eigenvalue weighted by Gasteiger charge is -2.30. The van der Waals surface area contributed by atoms with Crippen LogP contribution in [0.2, 0.25) is 0 Å². The van der Waals surface area contributed by atoms with Crippen molar-refractivity contribution in [3.63, 3.8) is 0 Å². The molecule has 94 valence electrons. The summed E-state index contributed by atoms with van der Waals surface area (Å²) in [6.07, 6.45) is 5.15. The predicted octanol–water partition coefficient (Wildman–Crippen LogP) is 4.17. The molecule has 2 nitrogen and oxygen atoms in total. The molecule has 1 saturated carbocycles. The second-order valence-electron chi connectivity index (χ2n) is 5.02. The fourth-order valence-electron chi connectivity index (χ4n) is 3.06. The van der Waals surface area contributed by atoms with Gasteiger partial charge in [0, 0.05) is 11.3 Å². The molecule has 0 amide bonds. The molecule has 0 saturated heterocycles. The summed E-state index contributed by atoms with van der Waals surface area (Å²) in [6.45, 7) is 0. The highest BCUT2D eigenvalue weighted by Crippen LogP contribution is 2.44. The van der Waals surface area contributed by atoms with E-state index in [1.54, 1.807) is 11.3 Å². The number of nitrogens with two attached hydrogens (primary N) is 1. The Hall–Kier alpha value is -1.35. The number of thiazole rings is 1. The molecular weight excluding hydrogens is 240 g/mol. The third-order valence-electron chi connectivity index (χ3n) is 3.91. The quantitative estimate of drug-likeness (QED) is 0.878. The van der Waals surface area contributed by atoms with Crippen molar-refractivity contribution in [2.75, 3.05) is 5.73 Å². The van der Waals surface area contributed by atoms with E-state index in [1.807, 2.05) is 0 Å². The summed E-state index contributed by atoms with van der Waals surface area (Å²) in [6, 6.07) is 10.9. The van der Waals surface area contributed by atoms with Crippen molar-refractivity contribution in [2.45, 2.75) is 37.5 Å². The third kappa shape index (κ3) is 2.27. The van der Waals surface area contributed by atoms with Gasteiger partial charge in [0.1, 0.15) is 0 Å². The molecule has 0 bridgehead atoms. The van der Waals surface area contributed by atoms with Gasteiger partial charge >= 0.3 is 0 Å². The second kappa shape index (κ2) is 5.11. The summed E-state index contributed by atoms with van der Waals surface area (Å²) >= 11 is 1.56. The standard InChI is InChI=1S/C15H18N2S/c16-15-17-14(10-18-15)13-9-5-4-8-12(13)11-6-2-1-3-7-11/h1-3,6-7,10,12-13H,4-5,8-9H2,(H2,16,17)/t12-,13-/m0/s1. The first-order chi connectivity index (χ1) is 8.84. The normalized spacial score (nSPS) is 24.0. The van der Waals surface area contributed by atoms with Crippen molar-refractivity contribution in [1.82, 2.24) is 4.98 Å². The zero-order valence-electron chi connectivity index (χ0n) is 10.4. The fraction of sp³-hybridized carbons (Fsp3) is 0.400. The van der Waals surface area contributed by atoms with Crippen LogP contribution in [0.5, 0.6) is 0 Å². The minimum absolute atomic E-state index is 0.551. The number of nitrogen functional groups attached to an aromatic ring is 1. The first kappa shape index (κ1) is 11.7. The molecule has 1 aliphatic rings. The molecule has 1 aromatic heterocycles. The Morgan fingerprint density at radius 1 is 1.06 bits per heavy atom. The summed E-state index contributed by atoms with van der Waals surface area (Å²) < 4.78 is 0. The van der Waals surface area contributed by atoms with Gasteiger partial charge in [-0.1, -0.05) is 43.2 Å². The number of nitrogens with zero attached hydrogens (tertiary/aromatic N) is 1. The van der Waals surface area contributed by atoms with Crippen LogP contribution < -0.4 is 5.73 Å². The van der Waals surface area contributed by atoms with Crippen LogP contribution in [-0.4, -0.2) is 4.98 Å². The molecule has 2 N–H and O–H groups in total. The molecule has 1 fully saturated rings. The summed E-state index contributed by atoms with van der Waals surface area (Å²) in [5.41, 5.74) is 8.43. The highest BCUT2D eigenvalue weighted by Gasteiger charge is 2.29. The highest BCUT2D eigenvalue weighted by molar-refractivity contribution is 7.13. The number of benzene rings is 1. The number of hydrogen-bond donors (Lipinski definition) is 1. The van der Waals surface area contributed by atoms with Gasteiger partial charge in [-0.3, -0.25) is 0 Å². The van der Waals surface area contributed by atoms with Crippen molar-refractivity contribution in [1.29, 1.82) is 0 Å². The lowest BCUT2D eigenvalue weighted by molar-refractivity contribution is 0.381. The highest BCUT2D eigenvalue weighted by atomic mass is 32.1. The molecule has 0 unspecified atom stereocenters. The summed E-state index contributed by atoms with van der Waals surface area (Å²) in [5, 5.41) is 2.84. The lowest BCUT2D eigenvalue weighted by Crippen LogP contribution is -2.16. The van der Waals surface area contributed by atoms with Gasteiger partial charge in [0.05, 0.1) is 5.69 Å². The van der Waals surface area contributed by atoms with Crippen molar-refractivity contribution >= 4 is 16.5 Å². The largest absolute Gasteiger partial charge is 0.375 e. The van der Waals surface area contributed by atoms with E-state index in [4.69, 9.17) is 5.73 Å². The van der Waals surface area contributed by atoms with Gasteiger partial charge in [-0.2, -0.15) is 0 Å². The van der Waals surface area contributed by atoms with Gasteiger partial charge in [0.25, 0.3) is 0 Å². The van der Waals surface area contributed by atoms with Crippen LogP contribution in [-0.2, 0) is 0 Å². The van der Waals surface area contributed by atoms with Gasteiger partial charge in [0.2, 0.25) is 0 Å². The fourth-order valence-corrected chi connectivity index (χ4v) is 3.68. The third-order valence-corrected chi connectivity index (χ3v) is 4.61. The lowest BCUT2D eigenvalue weighted by atomic mass is 9.74. The minimum atomic E-state index is 0.551. The van der Waals surface area contributed by atoms with E-state index >= 15 is 0 Å². The number of hydrogen-bond acceptors (Lipinski definition) is 3. The van der Waals surface area contributed by atoms with Crippen LogP contribution in [0.1, 0.15) is 48.8 Å². The Morgan fingerprint density at radius 2 is 1.78 bits per heavy atom. The van der Waals surface area contributed by atoms with E-state index in [0.717, 1.165) is 0 Å². The number of anilines is 1. The van der Waals surface area contributed by atoms with Gasteiger partial charge < -0.3 is 5.73 Å². The number of aromatic nitrogens is 1. The van der Waals surface area contributed by atoms with Crippen molar-refractivity contribution < 1.29 is 0 Å². The Bertz CT molecular complexity index is 506. The van der Waals surface area contributed by atoms with E-state index in [1.165, 1.54) is 36.9 Å². The Balaban J connectivity index is 1.91. The molecule has 2 aromatic rings. The number of rotatable bonds is 2. The molecule has 1 heterocycles. The van der Waals surface area contributed by atoms with Gasteiger partial charge in [-0.15, -0.1) is 11.3 Å². The molecule has 3 rings (SSSR count). The minimum Gasteiger partial charge on any atom is -0.375 e. The molecule has 2 atom stereocenters. The monoisotopic (exact) mass is 258 g/mol. The Morgan fingerprint density at radius 3 is 2.44 bits per heavy atom. The Labute approximate surface area is 112 Å².